The summed E-state index contributed by atoms with van der Waals surface area (Å²) in [4.78, 5) is 19.4. The van der Waals surface area contributed by atoms with Crippen LogP contribution >= 0.6 is 0 Å². The Hall–Kier alpha value is -2.87. The molecule has 6 nitrogen and oxygen atoms in total. The van der Waals surface area contributed by atoms with Crippen LogP contribution in [-0.4, -0.2) is 22.0 Å². The summed E-state index contributed by atoms with van der Waals surface area (Å²) in [6, 6.07) is 10.6. The van der Waals surface area contributed by atoms with Gasteiger partial charge in [0.2, 0.25) is 5.82 Å². The van der Waals surface area contributed by atoms with Crippen LogP contribution < -0.4 is 5.73 Å². The number of nitrogens with zero attached hydrogens (tertiary/aromatic N) is 1. The molecule has 1 unspecified atom stereocenters. The van der Waals surface area contributed by atoms with Crippen molar-refractivity contribution in [3.05, 3.63) is 75.8 Å². The number of halogens is 2. The molecule has 3 N–H and O–H groups in total. The quantitative estimate of drug-likeness (QED) is 0.664. The maximum atomic E-state index is 12.4. The van der Waals surface area contributed by atoms with E-state index in [0.29, 0.717) is 18.6 Å². The molecule has 0 aliphatic carbocycles. The molecule has 2 aromatic carbocycles. The van der Waals surface area contributed by atoms with Crippen molar-refractivity contribution in [2.75, 3.05) is 0 Å². The highest BCUT2D eigenvalue weighted by molar-refractivity contribution is 5.73. The second-order valence-electron chi connectivity index (χ2n) is 4.49. The molecule has 0 aliphatic rings. The van der Waals surface area contributed by atoms with Crippen molar-refractivity contribution in [3.8, 4) is 0 Å². The summed E-state index contributed by atoms with van der Waals surface area (Å²) in [7, 11) is 0. The van der Waals surface area contributed by atoms with Crippen LogP contribution in [0.5, 0.6) is 0 Å². The zero-order chi connectivity index (χ0) is 17.4. The minimum Gasteiger partial charge on any atom is -0.480 e. The van der Waals surface area contributed by atoms with E-state index >= 15 is 0 Å². The molecule has 8 heteroatoms. The third-order valence-corrected chi connectivity index (χ3v) is 2.72. The van der Waals surface area contributed by atoms with Crippen molar-refractivity contribution < 1.29 is 23.6 Å². The molecule has 0 spiro atoms. The van der Waals surface area contributed by atoms with Crippen molar-refractivity contribution in [2.45, 2.75) is 12.5 Å². The van der Waals surface area contributed by atoms with Gasteiger partial charge in [-0.05, 0) is 24.1 Å². The van der Waals surface area contributed by atoms with Gasteiger partial charge in [-0.2, -0.15) is 4.39 Å². The van der Waals surface area contributed by atoms with Gasteiger partial charge < -0.3 is 10.8 Å². The number of carbonyl (C=O) groups is 1. The first kappa shape index (κ1) is 18.2. The van der Waals surface area contributed by atoms with Crippen LogP contribution in [0.15, 0.2) is 48.5 Å². The van der Waals surface area contributed by atoms with Gasteiger partial charge in [0.05, 0.1) is 11.0 Å². The largest absolute Gasteiger partial charge is 0.480 e. The second kappa shape index (κ2) is 8.54. The summed E-state index contributed by atoms with van der Waals surface area (Å²) < 4.78 is 24.6. The Morgan fingerprint density at radius 2 is 1.83 bits per heavy atom. The molecular formula is C15H14F2N2O4. The van der Waals surface area contributed by atoms with E-state index in [1.54, 1.807) is 0 Å². The lowest BCUT2D eigenvalue weighted by Crippen LogP contribution is -2.32. The standard InChI is InChI=1S/C9H11NO2.C6H3F2NO2/c10-8(9(11)12)6-7-4-2-1-3-5-7;7-4-1-2-5(8)6(3-4)9(10)11/h1-5,8H,6,10H2,(H,11,12);1-3H. The van der Waals surface area contributed by atoms with E-state index in [2.05, 4.69) is 0 Å². The Bertz CT molecular complexity index is 680. The monoisotopic (exact) mass is 324 g/mol. The molecule has 0 amide bonds. The number of benzene rings is 2. The molecule has 0 radical (unpaired) electrons. The normalized spacial score (nSPS) is 11.1. The predicted octanol–water partition coefficient (Wildman–Crippen LogP) is 2.51. The molecule has 0 saturated heterocycles. The summed E-state index contributed by atoms with van der Waals surface area (Å²) in [5.41, 5.74) is 5.46. The molecule has 122 valence electrons. The Morgan fingerprint density at radius 1 is 1.22 bits per heavy atom. The van der Waals surface area contributed by atoms with Gasteiger partial charge in [-0.1, -0.05) is 30.3 Å². The lowest BCUT2D eigenvalue weighted by atomic mass is 10.1. The van der Waals surface area contributed by atoms with Crippen molar-refractivity contribution >= 4 is 11.7 Å². The summed E-state index contributed by atoms with van der Waals surface area (Å²) in [6.07, 6.45) is 0.385. The van der Waals surface area contributed by atoms with E-state index in [9.17, 15) is 23.7 Å². The van der Waals surface area contributed by atoms with Gasteiger partial charge in [-0.3, -0.25) is 14.9 Å². The van der Waals surface area contributed by atoms with Crippen LogP contribution in [0.2, 0.25) is 0 Å². The van der Waals surface area contributed by atoms with Crippen LogP contribution in [0.4, 0.5) is 14.5 Å². The Morgan fingerprint density at radius 3 is 2.30 bits per heavy atom. The molecule has 0 saturated carbocycles. The first-order valence-corrected chi connectivity index (χ1v) is 6.43. The van der Waals surface area contributed by atoms with Gasteiger partial charge in [0.15, 0.2) is 0 Å². The van der Waals surface area contributed by atoms with E-state index in [4.69, 9.17) is 10.8 Å². The van der Waals surface area contributed by atoms with Gasteiger partial charge in [-0.15, -0.1) is 0 Å². The molecule has 0 aromatic heterocycles. The van der Waals surface area contributed by atoms with E-state index in [1.165, 1.54) is 0 Å². The maximum Gasteiger partial charge on any atom is 0.320 e. The first-order valence-electron chi connectivity index (χ1n) is 6.43. The van der Waals surface area contributed by atoms with Crippen molar-refractivity contribution in [1.29, 1.82) is 0 Å². The van der Waals surface area contributed by atoms with Crippen LogP contribution in [0.3, 0.4) is 0 Å². The molecule has 0 heterocycles. The fourth-order valence-electron chi connectivity index (χ4n) is 1.58. The number of carboxylic acid groups (broad SMARTS) is 1. The van der Waals surface area contributed by atoms with E-state index < -0.39 is 34.3 Å². The number of carboxylic acids is 1. The fraction of sp³-hybridized carbons (Fsp3) is 0.133. The lowest BCUT2D eigenvalue weighted by Gasteiger charge is -2.04. The Balaban J connectivity index is 0.000000231. The number of nitro benzene ring substituents is 1. The van der Waals surface area contributed by atoms with Crippen LogP contribution in [0.1, 0.15) is 5.56 Å². The number of nitrogens with two attached hydrogens (primary N) is 1. The predicted molar refractivity (Wildman–Crippen MR) is 78.8 cm³/mol. The number of nitro groups is 1. The third-order valence-electron chi connectivity index (χ3n) is 2.72. The molecule has 1 atom stereocenters. The van der Waals surface area contributed by atoms with E-state index in [0.717, 1.165) is 11.6 Å². The van der Waals surface area contributed by atoms with Gasteiger partial charge in [-0.25, -0.2) is 4.39 Å². The fourth-order valence-corrected chi connectivity index (χ4v) is 1.58. The SMILES string of the molecule is NC(Cc1ccccc1)C(=O)O.O=[N+]([O-])c1cc(F)ccc1F. The highest BCUT2D eigenvalue weighted by Gasteiger charge is 2.13. The smallest absolute Gasteiger partial charge is 0.320 e. The van der Waals surface area contributed by atoms with Gasteiger partial charge in [0.1, 0.15) is 11.9 Å². The summed E-state index contributed by atoms with van der Waals surface area (Å²) in [5, 5.41) is 18.5. The van der Waals surface area contributed by atoms with Gasteiger partial charge in [0, 0.05) is 0 Å². The van der Waals surface area contributed by atoms with Crippen molar-refractivity contribution in [1.82, 2.24) is 0 Å². The van der Waals surface area contributed by atoms with E-state index in [1.807, 2.05) is 30.3 Å². The second-order valence-corrected chi connectivity index (χ2v) is 4.49. The molecular weight excluding hydrogens is 310 g/mol. The highest BCUT2D eigenvalue weighted by Crippen LogP contribution is 2.16. The number of hydrogen-bond donors (Lipinski definition) is 2. The van der Waals surface area contributed by atoms with Gasteiger partial charge >= 0.3 is 11.7 Å². The minimum atomic E-state index is -1.03. The molecule has 2 aromatic rings. The third kappa shape index (κ3) is 6.18. The molecule has 0 aliphatic heterocycles. The van der Waals surface area contributed by atoms with Crippen molar-refractivity contribution in [3.63, 3.8) is 0 Å². The lowest BCUT2D eigenvalue weighted by molar-refractivity contribution is -0.387. The number of aliphatic carboxylic acids is 1. The Kier molecular flexibility index (Phi) is 6.75. The van der Waals surface area contributed by atoms with Crippen LogP contribution in [0, 0.1) is 21.7 Å². The zero-order valence-electron chi connectivity index (χ0n) is 11.9. The molecule has 0 fully saturated rings. The number of hydrogen-bond acceptors (Lipinski definition) is 4. The summed E-state index contributed by atoms with van der Waals surface area (Å²) in [6.45, 7) is 0. The topological polar surface area (TPSA) is 106 Å². The summed E-state index contributed by atoms with van der Waals surface area (Å²) >= 11 is 0. The number of rotatable bonds is 4. The maximum absolute atomic E-state index is 12.4. The molecule has 2 rings (SSSR count). The summed E-state index contributed by atoms with van der Waals surface area (Å²) in [5.74, 6) is -2.81. The van der Waals surface area contributed by atoms with Crippen LogP contribution in [0.25, 0.3) is 0 Å². The first-order chi connectivity index (χ1) is 10.8. The Labute approximate surface area is 130 Å². The van der Waals surface area contributed by atoms with Crippen LogP contribution in [-0.2, 0) is 11.2 Å². The average Bonchev–Trinajstić information content (AvgIpc) is 2.51. The highest BCUT2D eigenvalue weighted by atomic mass is 19.1. The minimum absolute atomic E-state index is 0.385. The van der Waals surface area contributed by atoms with E-state index in [-0.39, 0.29) is 0 Å². The van der Waals surface area contributed by atoms with Gasteiger partial charge in [0.25, 0.3) is 0 Å². The average molecular weight is 324 g/mol. The molecule has 0 bridgehead atoms. The molecule has 23 heavy (non-hydrogen) atoms. The van der Waals surface area contributed by atoms with Crippen molar-refractivity contribution in [2.24, 2.45) is 5.73 Å². The zero-order valence-corrected chi connectivity index (χ0v) is 11.9.